The Balaban J connectivity index is 1.88. The van der Waals surface area contributed by atoms with E-state index in [0.717, 1.165) is 48.8 Å². The SMILES string of the molecule is CCCNc1nc(C2CC2)nc(NC2(CO)CC2)c1C. The smallest absolute Gasteiger partial charge is 0.136 e. The lowest BCUT2D eigenvalue weighted by Crippen LogP contribution is -2.27. The van der Waals surface area contributed by atoms with Gasteiger partial charge in [-0.3, -0.25) is 0 Å². The van der Waals surface area contributed by atoms with Crippen LogP contribution in [0, 0.1) is 6.92 Å². The van der Waals surface area contributed by atoms with E-state index >= 15 is 0 Å². The lowest BCUT2D eigenvalue weighted by atomic mass is 10.2. The van der Waals surface area contributed by atoms with Gasteiger partial charge in [-0.05, 0) is 39.0 Å². The van der Waals surface area contributed by atoms with Gasteiger partial charge in [0.05, 0.1) is 12.1 Å². The van der Waals surface area contributed by atoms with Gasteiger partial charge in [-0.2, -0.15) is 0 Å². The van der Waals surface area contributed by atoms with Crippen LogP contribution >= 0.6 is 0 Å². The summed E-state index contributed by atoms with van der Waals surface area (Å²) in [6.07, 6.45) is 5.50. The maximum absolute atomic E-state index is 9.49. The molecule has 0 unspecified atom stereocenters. The molecule has 2 saturated carbocycles. The number of nitrogens with one attached hydrogen (secondary N) is 2. The van der Waals surface area contributed by atoms with Gasteiger partial charge in [-0.25, -0.2) is 9.97 Å². The Labute approximate surface area is 120 Å². The largest absolute Gasteiger partial charge is 0.394 e. The molecule has 0 amide bonds. The Kier molecular flexibility index (Phi) is 3.54. The van der Waals surface area contributed by atoms with Crippen molar-refractivity contribution in [3.63, 3.8) is 0 Å². The van der Waals surface area contributed by atoms with Crippen molar-refractivity contribution in [1.29, 1.82) is 0 Å². The lowest BCUT2D eigenvalue weighted by Gasteiger charge is -2.19. The molecule has 2 aliphatic rings. The van der Waals surface area contributed by atoms with Gasteiger partial charge in [0.25, 0.3) is 0 Å². The third-order valence-electron chi connectivity index (χ3n) is 4.19. The first kappa shape index (κ1) is 13.6. The first-order valence-corrected chi connectivity index (χ1v) is 7.69. The second-order valence-electron chi connectivity index (χ2n) is 6.17. The van der Waals surface area contributed by atoms with Crippen molar-refractivity contribution in [3.05, 3.63) is 11.4 Å². The maximum Gasteiger partial charge on any atom is 0.136 e. The van der Waals surface area contributed by atoms with Crippen LogP contribution in [0.15, 0.2) is 0 Å². The first-order chi connectivity index (χ1) is 9.67. The van der Waals surface area contributed by atoms with E-state index < -0.39 is 0 Å². The van der Waals surface area contributed by atoms with Gasteiger partial charge >= 0.3 is 0 Å². The highest BCUT2D eigenvalue weighted by molar-refractivity contribution is 5.59. The summed E-state index contributed by atoms with van der Waals surface area (Å²) >= 11 is 0. The molecule has 0 spiro atoms. The summed E-state index contributed by atoms with van der Waals surface area (Å²) in [4.78, 5) is 9.39. The first-order valence-electron chi connectivity index (χ1n) is 7.69. The van der Waals surface area contributed by atoms with Crippen LogP contribution < -0.4 is 10.6 Å². The molecule has 2 aliphatic carbocycles. The second kappa shape index (κ2) is 5.20. The molecule has 20 heavy (non-hydrogen) atoms. The maximum atomic E-state index is 9.49. The average Bonchev–Trinajstić information content (AvgIpc) is 3.34. The molecule has 0 aliphatic heterocycles. The van der Waals surface area contributed by atoms with E-state index in [4.69, 9.17) is 4.98 Å². The van der Waals surface area contributed by atoms with Crippen LogP contribution in [0.25, 0.3) is 0 Å². The molecule has 5 heteroatoms. The number of nitrogens with zero attached hydrogens (tertiary/aromatic N) is 2. The van der Waals surface area contributed by atoms with E-state index in [2.05, 4.69) is 22.5 Å². The Hall–Kier alpha value is -1.36. The molecule has 0 aromatic carbocycles. The Bertz CT molecular complexity index is 495. The molecule has 3 rings (SSSR count). The Morgan fingerprint density at radius 3 is 2.50 bits per heavy atom. The molecule has 0 bridgehead atoms. The van der Waals surface area contributed by atoms with Crippen molar-refractivity contribution >= 4 is 11.6 Å². The van der Waals surface area contributed by atoms with Crippen LogP contribution in [-0.4, -0.2) is 33.8 Å². The standard InChI is InChI=1S/C15H24N4O/c1-3-8-16-12-10(2)13(19-15(9-20)6-7-15)18-14(17-12)11-4-5-11/h11,20H,3-9H2,1-2H3,(H2,16,17,18,19). The molecule has 1 heterocycles. The van der Waals surface area contributed by atoms with Gasteiger partial charge in [-0.15, -0.1) is 0 Å². The molecule has 1 aromatic rings. The van der Waals surface area contributed by atoms with Crippen LogP contribution in [-0.2, 0) is 0 Å². The zero-order chi connectivity index (χ0) is 14.2. The summed E-state index contributed by atoms with van der Waals surface area (Å²) in [5.41, 5.74) is 0.921. The summed E-state index contributed by atoms with van der Waals surface area (Å²) in [6.45, 7) is 5.29. The molecule has 5 nitrogen and oxygen atoms in total. The molecule has 2 fully saturated rings. The van der Waals surface area contributed by atoms with Crippen LogP contribution in [0.4, 0.5) is 11.6 Å². The fraction of sp³-hybridized carbons (Fsp3) is 0.733. The van der Waals surface area contributed by atoms with Gasteiger partial charge in [-0.1, -0.05) is 6.92 Å². The van der Waals surface area contributed by atoms with E-state index in [-0.39, 0.29) is 12.1 Å². The number of anilines is 2. The van der Waals surface area contributed by atoms with Gasteiger partial charge < -0.3 is 15.7 Å². The molecule has 3 N–H and O–H groups in total. The number of hydrogen-bond donors (Lipinski definition) is 3. The van der Waals surface area contributed by atoms with Crippen LogP contribution in [0.5, 0.6) is 0 Å². The summed E-state index contributed by atoms with van der Waals surface area (Å²) in [7, 11) is 0. The molecule has 1 aromatic heterocycles. The van der Waals surface area contributed by atoms with Crippen molar-refractivity contribution in [2.75, 3.05) is 23.8 Å². The zero-order valence-corrected chi connectivity index (χ0v) is 12.4. The Morgan fingerprint density at radius 2 is 1.95 bits per heavy atom. The fourth-order valence-electron chi connectivity index (χ4n) is 2.32. The summed E-state index contributed by atoms with van der Waals surface area (Å²) in [5, 5.41) is 16.3. The molecule has 110 valence electrons. The number of aliphatic hydroxyl groups is 1. The minimum absolute atomic E-state index is 0.137. The predicted molar refractivity (Wildman–Crippen MR) is 80.2 cm³/mol. The lowest BCUT2D eigenvalue weighted by molar-refractivity contribution is 0.266. The van der Waals surface area contributed by atoms with Gasteiger partial charge in [0, 0.05) is 18.0 Å². The van der Waals surface area contributed by atoms with E-state index in [1.807, 2.05) is 6.92 Å². The quantitative estimate of drug-likeness (QED) is 0.713. The second-order valence-corrected chi connectivity index (χ2v) is 6.17. The topological polar surface area (TPSA) is 70.1 Å². The monoisotopic (exact) mass is 276 g/mol. The summed E-state index contributed by atoms with van der Waals surface area (Å²) in [5.74, 6) is 3.32. The van der Waals surface area contributed by atoms with Gasteiger partial charge in [0.1, 0.15) is 17.5 Å². The highest BCUT2D eigenvalue weighted by atomic mass is 16.3. The number of aromatic nitrogens is 2. The van der Waals surface area contributed by atoms with Crippen molar-refractivity contribution in [3.8, 4) is 0 Å². The minimum Gasteiger partial charge on any atom is -0.394 e. The van der Waals surface area contributed by atoms with Gasteiger partial charge in [0.15, 0.2) is 0 Å². The van der Waals surface area contributed by atoms with E-state index in [1.54, 1.807) is 0 Å². The Morgan fingerprint density at radius 1 is 1.25 bits per heavy atom. The summed E-state index contributed by atoms with van der Waals surface area (Å²) in [6, 6.07) is 0. The van der Waals surface area contributed by atoms with Crippen molar-refractivity contribution < 1.29 is 5.11 Å². The summed E-state index contributed by atoms with van der Waals surface area (Å²) < 4.78 is 0. The van der Waals surface area contributed by atoms with E-state index in [9.17, 15) is 5.11 Å². The normalized spacial score (nSPS) is 19.8. The fourth-order valence-corrected chi connectivity index (χ4v) is 2.32. The zero-order valence-electron chi connectivity index (χ0n) is 12.4. The molecule has 0 atom stereocenters. The van der Waals surface area contributed by atoms with Crippen molar-refractivity contribution in [1.82, 2.24) is 9.97 Å². The minimum atomic E-state index is -0.137. The third-order valence-corrected chi connectivity index (χ3v) is 4.19. The number of hydrogen-bond acceptors (Lipinski definition) is 5. The van der Waals surface area contributed by atoms with E-state index in [0.29, 0.717) is 5.92 Å². The molecular formula is C15H24N4O. The number of rotatable bonds is 7. The molecule has 0 radical (unpaired) electrons. The van der Waals surface area contributed by atoms with Crippen molar-refractivity contribution in [2.24, 2.45) is 0 Å². The van der Waals surface area contributed by atoms with Crippen LogP contribution in [0.3, 0.4) is 0 Å². The highest BCUT2D eigenvalue weighted by Gasteiger charge is 2.43. The van der Waals surface area contributed by atoms with E-state index in [1.165, 1.54) is 12.8 Å². The number of aliphatic hydroxyl groups excluding tert-OH is 1. The van der Waals surface area contributed by atoms with Crippen LogP contribution in [0.1, 0.15) is 56.3 Å². The predicted octanol–water partition coefficient (Wildman–Crippen LogP) is 2.42. The average molecular weight is 276 g/mol. The third kappa shape index (κ3) is 2.73. The molecular weight excluding hydrogens is 252 g/mol. The highest BCUT2D eigenvalue weighted by Crippen LogP contribution is 2.42. The van der Waals surface area contributed by atoms with Crippen molar-refractivity contribution in [2.45, 2.75) is 57.4 Å². The van der Waals surface area contributed by atoms with Gasteiger partial charge in [0.2, 0.25) is 0 Å². The van der Waals surface area contributed by atoms with Crippen LogP contribution in [0.2, 0.25) is 0 Å². The molecule has 0 saturated heterocycles.